The molecule has 14 heteroatoms. The lowest BCUT2D eigenvalue weighted by molar-refractivity contribution is -0.359. The molecule has 51 heavy (non-hydrogen) atoms. The van der Waals surface area contributed by atoms with Gasteiger partial charge in [0.05, 0.1) is 32.0 Å². The molecule has 12 atom stereocenters. The molecule has 2 fully saturated rings. The summed E-state index contributed by atoms with van der Waals surface area (Å²) in [6, 6.07) is -0.928. The quantitative estimate of drug-likeness (QED) is 0.0477. The molecule has 9 N–H and O–H groups in total. The second-order valence-electron chi connectivity index (χ2n) is 13.3. The summed E-state index contributed by atoms with van der Waals surface area (Å²) in [4.78, 5) is 12.8. The fourth-order valence-corrected chi connectivity index (χ4v) is 5.85. The van der Waals surface area contributed by atoms with Crippen LogP contribution in [0.3, 0.4) is 0 Å². The van der Waals surface area contributed by atoms with Crippen molar-refractivity contribution < 1.29 is 64.6 Å². The van der Waals surface area contributed by atoms with Crippen molar-refractivity contribution in [1.82, 2.24) is 5.32 Å². The lowest BCUT2D eigenvalue weighted by atomic mass is 9.97. The number of rotatable bonds is 25. The number of amides is 1. The van der Waals surface area contributed by atoms with E-state index in [2.05, 4.69) is 43.5 Å². The van der Waals surface area contributed by atoms with E-state index in [0.717, 1.165) is 44.9 Å². The Labute approximate surface area is 302 Å². The normalized spacial score (nSPS) is 31.5. The third-order valence-corrected chi connectivity index (χ3v) is 9.06. The van der Waals surface area contributed by atoms with E-state index in [9.17, 15) is 45.6 Å². The number of aliphatic hydroxyl groups excluding tert-OH is 8. The molecule has 0 aromatic carbocycles. The van der Waals surface area contributed by atoms with Crippen LogP contribution in [0.4, 0.5) is 0 Å². The SMILES string of the molecule is CCCCC/C=C/CC/C=C/CC/C=C/C(O)C(COC1OC(CO)C(OC2OC(CO)C(O)C(O)C2O)C(O)C1O)NC(=O)CCCCCC. The maximum Gasteiger partial charge on any atom is 0.220 e. The van der Waals surface area contributed by atoms with E-state index in [4.69, 9.17) is 18.9 Å². The third-order valence-electron chi connectivity index (χ3n) is 9.06. The number of nitrogens with one attached hydrogen (secondary N) is 1. The molecule has 0 aliphatic carbocycles. The summed E-state index contributed by atoms with van der Waals surface area (Å²) in [5.74, 6) is -0.277. The molecule has 2 saturated heterocycles. The average molecular weight is 732 g/mol. The number of carbonyl (C=O) groups is 1. The van der Waals surface area contributed by atoms with Crippen molar-refractivity contribution in [2.45, 2.75) is 171 Å². The van der Waals surface area contributed by atoms with Crippen LogP contribution in [0, 0.1) is 0 Å². The minimum atomic E-state index is -1.79. The van der Waals surface area contributed by atoms with Crippen molar-refractivity contribution in [3.8, 4) is 0 Å². The molecule has 12 unspecified atom stereocenters. The summed E-state index contributed by atoms with van der Waals surface area (Å²) in [5.41, 5.74) is 0. The number of hydrogen-bond acceptors (Lipinski definition) is 13. The minimum Gasteiger partial charge on any atom is -0.394 e. The second kappa shape index (κ2) is 26.1. The van der Waals surface area contributed by atoms with Crippen LogP contribution in [0.1, 0.15) is 97.3 Å². The van der Waals surface area contributed by atoms with Crippen LogP contribution in [0.15, 0.2) is 36.5 Å². The molecule has 0 aromatic rings. The smallest absolute Gasteiger partial charge is 0.220 e. The van der Waals surface area contributed by atoms with Gasteiger partial charge >= 0.3 is 0 Å². The van der Waals surface area contributed by atoms with Gasteiger partial charge in [0.1, 0.15) is 48.8 Å². The van der Waals surface area contributed by atoms with E-state index in [1.165, 1.54) is 19.3 Å². The Morgan fingerprint density at radius 3 is 1.88 bits per heavy atom. The van der Waals surface area contributed by atoms with Crippen molar-refractivity contribution >= 4 is 5.91 Å². The van der Waals surface area contributed by atoms with Gasteiger partial charge in [0.15, 0.2) is 12.6 Å². The summed E-state index contributed by atoms with van der Waals surface area (Å²) >= 11 is 0. The first-order chi connectivity index (χ1) is 24.6. The van der Waals surface area contributed by atoms with Gasteiger partial charge < -0.3 is 65.1 Å². The van der Waals surface area contributed by atoms with Crippen molar-refractivity contribution in [2.24, 2.45) is 0 Å². The Bertz CT molecular complexity index is 1010. The van der Waals surface area contributed by atoms with Crippen LogP contribution in [0.5, 0.6) is 0 Å². The highest BCUT2D eigenvalue weighted by Crippen LogP contribution is 2.29. The van der Waals surface area contributed by atoms with Crippen molar-refractivity contribution in [3.05, 3.63) is 36.5 Å². The molecule has 1 amide bonds. The predicted octanol–water partition coefficient (Wildman–Crippen LogP) is 1.25. The summed E-state index contributed by atoms with van der Waals surface area (Å²) in [6.45, 7) is 2.52. The highest BCUT2D eigenvalue weighted by Gasteiger charge is 2.50. The molecule has 2 aliphatic rings. The van der Waals surface area contributed by atoms with E-state index in [1.54, 1.807) is 6.08 Å². The summed E-state index contributed by atoms with van der Waals surface area (Å²) in [5, 5.41) is 85.6. The molecule has 0 bridgehead atoms. The molecular weight excluding hydrogens is 666 g/mol. The first kappa shape index (κ1) is 45.4. The van der Waals surface area contributed by atoms with Gasteiger partial charge in [0.2, 0.25) is 5.91 Å². The van der Waals surface area contributed by atoms with Gasteiger partial charge in [0.25, 0.3) is 0 Å². The van der Waals surface area contributed by atoms with Crippen LogP contribution in [-0.4, -0.2) is 140 Å². The van der Waals surface area contributed by atoms with Gasteiger partial charge in [-0.2, -0.15) is 0 Å². The monoisotopic (exact) mass is 731 g/mol. The van der Waals surface area contributed by atoms with Gasteiger partial charge in [-0.25, -0.2) is 0 Å². The van der Waals surface area contributed by atoms with Crippen molar-refractivity contribution in [3.63, 3.8) is 0 Å². The zero-order chi connectivity index (χ0) is 37.6. The first-order valence-corrected chi connectivity index (χ1v) is 18.7. The van der Waals surface area contributed by atoms with E-state index in [-0.39, 0.29) is 18.9 Å². The lowest BCUT2D eigenvalue weighted by Crippen LogP contribution is -2.65. The number of hydrogen-bond donors (Lipinski definition) is 9. The van der Waals surface area contributed by atoms with Gasteiger partial charge in [0, 0.05) is 6.42 Å². The van der Waals surface area contributed by atoms with Gasteiger partial charge in [-0.05, 0) is 44.9 Å². The van der Waals surface area contributed by atoms with Crippen LogP contribution >= 0.6 is 0 Å². The molecule has 14 nitrogen and oxygen atoms in total. The minimum absolute atomic E-state index is 0.260. The largest absolute Gasteiger partial charge is 0.394 e. The van der Waals surface area contributed by atoms with Crippen LogP contribution in [0.2, 0.25) is 0 Å². The maximum absolute atomic E-state index is 12.8. The Morgan fingerprint density at radius 2 is 1.25 bits per heavy atom. The fourth-order valence-electron chi connectivity index (χ4n) is 5.85. The number of allylic oxidation sites excluding steroid dienone is 5. The van der Waals surface area contributed by atoms with E-state index in [1.807, 2.05) is 6.08 Å². The van der Waals surface area contributed by atoms with E-state index >= 15 is 0 Å². The van der Waals surface area contributed by atoms with Crippen LogP contribution in [-0.2, 0) is 23.7 Å². The number of aliphatic hydroxyl groups is 8. The molecule has 296 valence electrons. The molecule has 2 heterocycles. The summed E-state index contributed by atoms with van der Waals surface area (Å²) < 4.78 is 22.4. The van der Waals surface area contributed by atoms with E-state index < -0.39 is 86.8 Å². The topological polar surface area (TPSA) is 228 Å². The molecule has 0 spiro atoms. The van der Waals surface area contributed by atoms with Crippen LogP contribution in [0.25, 0.3) is 0 Å². The van der Waals surface area contributed by atoms with Crippen molar-refractivity contribution in [1.29, 1.82) is 0 Å². The maximum atomic E-state index is 12.8. The summed E-state index contributed by atoms with van der Waals surface area (Å²) in [6.07, 6.45) is 7.14. The highest BCUT2D eigenvalue weighted by molar-refractivity contribution is 5.76. The Morgan fingerprint density at radius 1 is 0.686 bits per heavy atom. The molecule has 2 rings (SSSR count). The molecule has 0 saturated carbocycles. The molecule has 2 aliphatic heterocycles. The van der Waals surface area contributed by atoms with Crippen molar-refractivity contribution in [2.75, 3.05) is 19.8 Å². The number of carbonyl (C=O) groups excluding carboxylic acids is 1. The second-order valence-corrected chi connectivity index (χ2v) is 13.3. The average Bonchev–Trinajstić information content (AvgIpc) is 3.12. The predicted molar refractivity (Wildman–Crippen MR) is 189 cm³/mol. The first-order valence-electron chi connectivity index (χ1n) is 18.7. The fraction of sp³-hybridized carbons (Fsp3) is 0.811. The standard InChI is InChI=1S/C37H65NO13/c1-3-5-7-9-10-11-12-13-14-15-16-17-18-20-26(41)25(38-29(42)21-19-8-6-4-2)24-48-36-34(47)32(45)35(28(23-40)50-36)51-37-33(46)31(44)30(43)27(22-39)49-37/h10-11,14-15,18,20,25-28,30-37,39-41,43-47H,3-9,12-13,16-17,19,21-24H2,1-2H3,(H,38,42)/b11-10+,15-14+,20-18+. The van der Waals surface area contributed by atoms with Gasteiger partial charge in [-0.15, -0.1) is 0 Å². The Kier molecular flexibility index (Phi) is 23.2. The zero-order valence-corrected chi connectivity index (χ0v) is 30.3. The number of ether oxygens (including phenoxy) is 4. The Hall–Kier alpha value is -1.79. The molecule has 0 radical (unpaired) electrons. The Balaban J connectivity index is 1.97. The zero-order valence-electron chi connectivity index (χ0n) is 30.3. The third kappa shape index (κ3) is 16.0. The van der Waals surface area contributed by atoms with Gasteiger partial charge in [-0.3, -0.25) is 4.79 Å². The molecular formula is C37H65NO13. The van der Waals surface area contributed by atoms with Crippen LogP contribution < -0.4 is 5.32 Å². The number of unbranched alkanes of at least 4 members (excludes halogenated alkanes) is 8. The lowest BCUT2D eigenvalue weighted by Gasteiger charge is -2.46. The highest BCUT2D eigenvalue weighted by atomic mass is 16.7. The molecule has 0 aromatic heterocycles. The van der Waals surface area contributed by atoms with Gasteiger partial charge in [-0.1, -0.05) is 82.4 Å². The summed E-state index contributed by atoms with van der Waals surface area (Å²) in [7, 11) is 0. The van der Waals surface area contributed by atoms with E-state index in [0.29, 0.717) is 12.8 Å².